The van der Waals surface area contributed by atoms with Crippen LogP contribution in [0.5, 0.6) is 11.5 Å². The first-order valence-corrected chi connectivity index (χ1v) is 6.85. The maximum atomic E-state index is 11.9. The van der Waals surface area contributed by atoms with Gasteiger partial charge in [-0.1, -0.05) is 0 Å². The Hall–Kier alpha value is -2.28. The minimum absolute atomic E-state index is 0.211. The third-order valence-corrected chi connectivity index (χ3v) is 3.87. The molecule has 20 heavy (non-hydrogen) atoms. The Balaban J connectivity index is 1.67. The van der Waals surface area contributed by atoms with E-state index in [4.69, 9.17) is 9.47 Å². The number of hydrogen-bond donors (Lipinski definition) is 2. The van der Waals surface area contributed by atoms with Crippen LogP contribution in [0.2, 0.25) is 0 Å². The molecule has 0 spiro atoms. The van der Waals surface area contributed by atoms with Crippen molar-refractivity contribution >= 4 is 28.2 Å². The number of thiazole rings is 1. The number of urea groups is 1. The molecule has 0 fully saturated rings. The number of aryl methyl sites for hydroxylation is 2. The van der Waals surface area contributed by atoms with Crippen LogP contribution in [-0.4, -0.2) is 17.8 Å². The number of benzene rings is 1. The van der Waals surface area contributed by atoms with Crippen molar-refractivity contribution in [3.05, 3.63) is 28.8 Å². The topological polar surface area (TPSA) is 72.5 Å². The summed E-state index contributed by atoms with van der Waals surface area (Å²) in [6, 6.07) is 4.90. The van der Waals surface area contributed by atoms with E-state index in [1.165, 1.54) is 11.3 Å². The van der Waals surface area contributed by atoms with E-state index in [-0.39, 0.29) is 12.8 Å². The molecule has 0 unspecified atom stereocenters. The van der Waals surface area contributed by atoms with Gasteiger partial charge in [0.25, 0.3) is 0 Å². The number of carbonyl (C=O) groups excluding carboxylic acids is 1. The molecule has 1 aliphatic rings. The molecule has 2 N–H and O–H groups in total. The van der Waals surface area contributed by atoms with Crippen molar-refractivity contribution in [2.45, 2.75) is 13.8 Å². The second-order valence-electron chi connectivity index (χ2n) is 4.31. The van der Waals surface area contributed by atoms with Crippen molar-refractivity contribution in [1.29, 1.82) is 0 Å². The predicted octanol–water partition coefficient (Wildman–Crippen LogP) is 3.13. The molecule has 1 aromatic carbocycles. The summed E-state index contributed by atoms with van der Waals surface area (Å²) in [4.78, 5) is 17.2. The summed E-state index contributed by atoms with van der Waals surface area (Å²) in [5.41, 5.74) is 1.56. The molecule has 7 heteroatoms. The second kappa shape index (κ2) is 5.01. The van der Waals surface area contributed by atoms with E-state index in [9.17, 15) is 4.79 Å². The average Bonchev–Trinajstić information content (AvgIpc) is 2.96. The predicted molar refractivity (Wildman–Crippen MR) is 76.8 cm³/mol. The van der Waals surface area contributed by atoms with Gasteiger partial charge in [-0.25, -0.2) is 9.78 Å². The number of ether oxygens (including phenoxy) is 2. The summed E-state index contributed by atoms with van der Waals surface area (Å²) < 4.78 is 10.5. The smallest absolute Gasteiger partial charge is 0.325 e. The van der Waals surface area contributed by atoms with Gasteiger partial charge in [-0.15, -0.1) is 11.3 Å². The number of anilines is 2. The summed E-state index contributed by atoms with van der Waals surface area (Å²) in [6.45, 7) is 4.09. The normalized spacial score (nSPS) is 12.3. The molecule has 1 aliphatic heterocycles. The summed E-state index contributed by atoms with van der Waals surface area (Å²) >= 11 is 1.45. The van der Waals surface area contributed by atoms with E-state index in [2.05, 4.69) is 15.6 Å². The molecule has 0 bridgehead atoms. The Morgan fingerprint density at radius 3 is 2.80 bits per heavy atom. The zero-order valence-electron chi connectivity index (χ0n) is 11.0. The lowest BCUT2D eigenvalue weighted by Gasteiger charge is -2.06. The number of nitrogens with zero attached hydrogens (tertiary/aromatic N) is 1. The van der Waals surface area contributed by atoms with Crippen molar-refractivity contribution < 1.29 is 14.3 Å². The molecule has 0 saturated carbocycles. The molecule has 0 radical (unpaired) electrons. The van der Waals surface area contributed by atoms with Crippen molar-refractivity contribution in [3.8, 4) is 11.5 Å². The fourth-order valence-electron chi connectivity index (χ4n) is 1.76. The lowest BCUT2D eigenvalue weighted by atomic mass is 10.3. The van der Waals surface area contributed by atoms with Crippen LogP contribution in [0, 0.1) is 13.8 Å². The number of hydrogen-bond acceptors (Lipinski definition) is 5. The van der Waals surface area contributed by atoms with Crippen LogP contribution in [0.3, 0.4) is 0 Å². The molecular formula is C13H13N3O3S. The van der Waals surface area contributed by atoms with Gasteiger partial charge in [-0.2, -0.15) is 0 Å². The molecule has 0 aliphatic carbocycles. The van der Waals surface area contributed by atoms with Gasteiger partial charge in [-0.3, -0.25) is 5.32 Å². The average molecular weight is 291 g/mol. The quantitative estimate of drug-likeness (QED) is 0.891. The van der Waals surface area contributed by atoms with E-state index in [1.807, 2.05) is 13.8 Å². The van der Waals surface area contributed by atoms with Crippen molar-refractivity contribution in [2.24, 2.45) is 0 Å². The van der Waals surface area contributed by atoms with Crippen LogP contribution in [0.4, 0.5) is 15.6 Å². The molecular weight excluding hydrogens is 278 g/mol. The fraction of sp³-hybridized carbons (Fsp3) is 0.231. The van der Waals surface area contributed by atoms with E-state index in [0.29, 0.717) is 22.3 Å². The van der Waals surface area contributed by atoms with Gasteiger partial charge in [0, 0.05) is 16.6 Å². The van der Waals surface area contributed by atoms with Crippen molar-refractivity contribution in [2.75, 3.05) is 17.4 Å². The van der Waals surface area contributed by atoms with Gasteiger partial charge >= 0.3 is 6.03 Å². The zero-order chi connectivity index (χ0) is 14.1. The SMILES string of the molecule is Cc1nc(NC(=O)Nc2ccc3c(c2)OCO3)sc1C. The first kappa shape index (κ1) is 12.7. The summed E-state index contributed by atoms with van der Waals surface area (Å²) in [5, 5.41) is 6.02. The standard InChI is InChI=1S/C13H13N3O3S/c1-7-8(2)20-13(14-7)16-12(17)15-9-3-4-10-11(5-9)19-6-18-10/h3-5H,6H2,1-2H3,(H2,14,15,16,17). The van der Waals surface area contributed by atoms with Crippen LogP contribution in [0.25, 0.3) is 0 Å². The van der Waals surface area contributed by atoms with Crippen molar-refractivity contribution in [1.82, 2.24) is 4.98 Å². The third-order valence-electron chi connectivity index (χ3n) is 2.88. The molecule has 2 aromatic rings. The largest absolute Gasteiger partial charge is 0.454 e. The minimum Gasteiger partial charge on any atom is -0.454 e. The first-order valence-electron chi connectivity index (χ1n) is 6.03. The molecule has 2 amide bonds. The Morgan fingerprint density at radius 2 is 2.05 bits per heavy atom. The summed E-state index contributed by atoms with van der Waals surface area (Å²) in [5.74, 6) is 1.31. The summed E-state index contributed by atoms with van der Waals surface area (Å²) in [6.07, 6.45) is 0. The molecule has 1 aromatic heterocycles. The first-order chi connectivity index (χ1) is 9.61. The van der Waals surface area contributed by atoms with Gasteiger partial charge in [-0.05, 0) is 26.0 Å². The number of aromatic nitrogens is 1. The van der Waals surface area contributed by atoms with Gasteiger partial charge < -0.3 is 14.8 Å². The molecule has 2 heterocycles. The molecule has 0 atom stereocenters. The third kappa shape index (κ3) is 2.53. The van der Waals surface area contributed by atoms with Gasteiger partial charge in [0.2, 0.25) is 6.79 Å². The van der Waals surface area contributed by atoms with E-state index in [0.717, 1.165) is 10.6 Å². The number of nitrogens with one attached hydrogen (secondary N) is 2. The van der Waals surface area contributed by atoms with Gasteiger partial charge in [0.1, 0.15) is 0 Å². The van der Waals surface area contributed by atoms with E-state index in [1.54, 1.807) is 18.2 Å². The maximum Gasteiger partial charge on any atom is 0.325 e. The number of amides is 2. The van der Waals surface area contributed by atoms with Gasteiger partial charge in [0.15, 0.2) is 16.6 Å². The van der Waals surface area contributed by atoms with Crippen LogP contribution >= 0.6 is 11.3 Å². The lowest BCUT2D eigenvalue weighted by molar-refractivity contribution is 0.174. The number of fused-ring (bicyclic) bond motifs is 1. The highest BCUT2D eigenvalue weighted by Crippen LogP contribution is 2.34. The van der Waals surface area contributed by atoms with Crippen LogP contribution < -0.4 is 20.1 Å². The fourth-order valence-corrected chi connectivity index (χ4v) is 2.57. The molecule has 104 valence electrons. The lowest BCUT2D eigenvalue weighted by Crippen LogP contribution is -2.19. The highest BCUT2D eigenvalue weighted by molar-refractivity contribution is 7.15. The summed E-state index contributed by atoms with van der Waals surface area (Å²) in [7, 11) is 0. The second-order valence-corrected chi connectivity index (χ2v) is 5.51. The number of carbonyl (C=O) groups is 1. The molecule has 3 rings (SSSR count). The highest BCUT2D eigenvalue weighted by atomic mass is 32.1. The maximum absolute atomic E-state index is 11.9. The monoisotopic (exact) mass is 291 g/mol. The van der Waals surface area contributed by atoms with Crippen LogP contribution in [-0.2, 0) is 0 Å². The Morgan fingerprint density at radius 1 is 1.25 bits per heavy atom. The molecule has 6 nitrogen and oxygen atoms in total. The zero-order valence-corrected chi connectivity index (χ0v) is 11.8. The van der Waals surface area contributed by atoms with E-state index >= 15 is 0 Å². The number of rotatable bonds is 2. The van der Waals surface area contributed by atoms with Gasteiger partial charge in [0.05, 0.1) is 5.69 Å². The Bertz CT molecular complexity index is 649. The van der Waals surface area contributed by atoms with Crippen molar-refractivity contribution in [3.63, 3.8) is 0 Å². The Kier molecular flexibility index (Phi) is 3.19. The van der Waals surface area contributed by atoms with E-state index < -0.39 is 0 Å². The molecule has 0 saturated heterocycles. The van der Waals surface area contributed by atoms with Crippen LogP contribution in [0.15, 0.2) is 18.2 Å². The Labute approximate surface area is 119 Å². The minimum atomic E-state index is -0.336. The van der Waals surface area contributed by atoms with Crippen LogP contribution in [0.1, 0.15) is 10.6 Å². The highest BCUT2D eigenvalue weighted by Gasteiger charge is 2.14.